The van der Waals surface area contributed by atoms with Crippen molar-refractivity contribution < 1.29 is 4.79 Å². The number of carbonyl (C=O) groups excluding carboxylic acids is 1. The largest absolute Gasteiger partial charge is 0.323 e. The van der Waals surface area contributed by atoms with Crippen LogP contribution in [-0.4, -0.2) is 15.9 Å². The zero-order chi connectivity index (χ0) is 19.4. The summed E-state index contributed by atoms with van der Waals surface area (Å²) in [5.41, 5.74) is 3.39. The fourth-order valence-electron chi connectivity index (χ4n) is 2.50. The second kappa shape index (κ2) is 7.85. The quantitative estimate of drug-likeness (QED) is 0.692. The zero-order valence-corrected chi connectivity index (χ0v) is 15.5. The number of halogens is 1. The lowest BCUT2D eigenvalue weighted by Gasteiger charge is -2.11. The predicted octanol–water partition coefficient (Wildman–Crippen LogP) is 4.61. The molecule has 3 aromatic rings. The van der Waals surface area contributed by atoms with Gasteiger partial charge >= 0.3 is 0 Å². The summed E-state index contributed by atoms with van der Waals surface area (Å²) in [7, 11) is 0. The van der Waals surface area contributed by atoms with Gasteiger partial charge in [-0.05, 0) is 55.8 Å². The average Bonchev–Trinajstić information content (AvgIpc) is 2.64. The molecule has 0 aliphatic rings. The number of aryl methyl sites for hydroxylation is 2. The first kappa shape index (κ1) is 18.4. The summed E-state index contributed by atoms with van der Waals surface area (Å²) in [6.07, 6.45) is 0. The van der Waals surface area contributed by atoms with E-state index in [0.717, 1.165) is 5.56 Å². The van der Waals surface area contributed by atoms with Crippen molar-refractivity contribution in [1.29, 1.82) is 5.26 Å². The number of rotatable bonds is 4. The summed E-state index contributed by atoms with van der Waals surface area (Å²) >= 11 is 5.95. The molecular weight excluding hydrogens is 362 g/mol. The van der Waals surface area contributed by atoms with E-state index in [4.69, 9.17) is 11.6 Å². The number of hydrogen-bond donors (Lipinski definition) is 2. The van der Waals surface area contributed by atoms with Gasteiger partial charge < -0.3 is 10.6 Å². The van der Waals surface area contributed by atoms with E-state index in [2.05, 4.69) is 26.7 Å². The molecule has 134 valence electrons. The highest BCUT2D eigenvalue weighted by molar-refractivity contribution is 6.30. The van der Waals surface area contributed by atoms with E-state index < -0.39 is 0 Å². The molecule has 0 saturated heterocycles. The molecule has 1 heterocycles. The van der Waals surface area contributed by atoms with Crippen LogP contribution in [0.2, 0.25) is 5.02 Å². The summed E-state index contributed by atoms with van der Waals surface area (Å²) in [4.78, 5) is 21.2. The van der Waals surface area contributed by atoms with Gasteiger partial charge in [0.15, 0.2) is 0 Å². The van der Waals surface area contributed by atoms with Gasteiger partial charge in [-0.2, -0.15) is 5.26 Å². The molecule has 0 atom stereocenters. The minimum atomic E-state index is -0.359. The third-order valence-corrected chi connectivity index (χ3v) is 4.05. The maximum Gasteiger partial charge on any atom is 0.274 e. The van der Waals surface area contributed by atoms with Crippen LogP contribution in [0.15, 0.2) is 48.5 Å². The lowest BCUT2D eigenvalue weighted by atomic mass is 10.2. The third kappa shape index (κ3) is 4.40. The first-order chi connectivity index (χ1) is 13.0. The Bertz CT molecular complexity index is 1060. The number of anilines is 3. The second-order valence-electron chi connectivity index (χ2n) is 5.91. The van der Waals surface area contributed by atoms with Crippen LogP contribution >= 0.6 is 11.6 Å². The van der Waals surface area contributed by atoms with Crippen LogP contribution in [0.1, 0.15) is 27.3 Å². The van der Waals surface area contributed by atoms with Gasteiger partial charge in [0.25, 0.3) is 5.91 Å². The molecular formula is C20H16ClN5O. The molecule has 0 fully saturated rings. The topological polar surface area (TPSA) is 90.7 Å². The second-order valence-corrected chi connectivity index (χ2v) is 6.35. The number of nitriles is 1. The molecule has 1 amide bonds. The smallest absolute Gasteiger partial charge is 0.274 e. The van der Waals surface area contributed by atoms with Crippen LogP contribution in [0.3, 0.4) is 0 Å². The maximum atomic E-state index is 12.6. The SMILES string of the molecule is Cc1cc(C(=O)Nc2ccc(Cl)cc2C)nc(Nc2ccccc2C#N)n1. The number of amides is 1. The Morgan fingerprint density at radius 2 is 1.85 bits per heavy atom. The number of aromatic nitrogens is 2. The van der Waals surface area contributed by atoms with Crippen molar-refractivity contribution in [3.05, 3.63) is 76.1 Å². The van der Waals surface area contributed by atoms with Gasteiger partial charge in [-0.15, -0.1) is 0 Å². The first-order valence-electron chi connectivity index (χ1n) is 8.15. The number of hydrogen-bond acceptors (Lipinski definition) is 5. The minimum absolute atomic E-state index is 0.216. The van der Waals surface area contributed by atoms with Crippen LogP contribution in [0.25, 0.3) is 0 Å². The zero-order valence-electron chi connectivity index (χ0n) is 14.7. The fourth-order valence-corrected chi connectivity index (χ4v) is 2.73. The van der Waals surface area contributed by atoms with Gasteiger partial charge in [-0.3, -0.25) is 4.79 Å². The van der Waals surface area contributed by atoms with Gasteiger partial charge in [0.1, 0.15) is 11.8 Å². The molecule has 6 nitrogen and oxygen atoms in total. The molecule has 1 aromatic heterocycles. The number of para-hydroxylation sites is 1. The van der Waals surface area contributed by atoms with Crippen molar-refractivity contribution in [2.45, 2.75) is 13.8 Å². The van der Waals surface area contributed by atoms with E-state index in [1.165, 1.54) is 0 Å². The summed E-state index contributed by atoms with van der Waals surface area (Å²) in [6, 6.07) is 15.9. The van der Waals surface area contributed by atoms with Gasteiger partial charge in [-0.25, -0.2) is 9.97 Å². The highest BCUT2D eigenvalue weighted by Crippen LogP contribution is 2.21. The summed E-state index contributed by atoms with van der Waals surface area (Å²) in [6.45, 7) is 3.63. The predicted molar refractivity (Wildman–Crippen MR) is 105 cm³/mol. The lowest BCUT2D eigenvalue weighted by molar-refractivity contribution is 0.102. The highest BCUT2D eigenvalue weighted by atomic mass is 35.5. The van der Waals surface area contributed by atoms with Crippen molar-refractivity contribution in [3.8, 4) is 6.07 Å². The van der Waals surface area contributed by atoms with Crippen molar-refractivity contribution in [2.75, 3.05) is 10.6 Å². The molecule has 0 aliphatic heterocycles. The third-order valence-electron chi connectivity index (χ3n) is 3.82. The molecule has 2 aromatic carbocycles. The number of carbonyl (C=O) groups is 1. The average molecular weight is 378 g/mol. The summed E-state index contributed by atoms with van der Waals surface area (Å²) < 4.78 is 0. The van der Waals surface area contributed by atoms with Crippen molar-refractivity contribution >= 4 is 34.8 Å². The summed E-state index contributed by atoms with van der Waals surface area (Å²) in [5.74, 6) is -0.113. The molecule has 0 saturated carbocycles. The molecule has 0 spiro atoms. The molecule has 27 heavy (non-hydrogen) atoms. The Labute approximate surface area is 161 Å². The van der Waals surface area contributed by atoms with E-state index in [-0.39, 0.29) is 17.5 Å². The monoisotopic (exact) mass is 377 g/mol. The summed E-state index contributed by atoms with van der Waals surface area (Å²) in [5, 5.41) is 15.6. The molecule has 2 N–H and O–H groups in total. The fraction of sp³-hybridized carbons (Fsp3) is 0.100. The minimum Gasteiger partial charge on any atom is -0.323 e. The Hall–Kier alpha value is -3.43. The van der Waals surface area contributed by atoms with E-state index >= 15 is 0 Å². The Balaban J connectivity index is 1.86. The van der Waals surface area contributed by atoms with Gasteiger partial charge in [-0.1, -0.05) is 23.7 Å². The normalized spacial score (nSPS) is 10.1. The van der Waals surface area contributed by atoms with Crippen LogP contribution in [0, 0.1) is 25.2 Å². The van der Waals surface area contributed by atoms with Gasteiger partial charge in [0, 0.05) is 16.4 Å². The van der Waals surface area contributed by atoms with E-state index in [1.54, 1.807) is 55.5 Å². The number of benzene rings is 2. The van der Waals surface area contributed by atoms with Crippen LogP contribution in [0.4, 0.5) is 17.3 Å². The molecule has 0 bridgehead atoms. The molecule has 0 aliphatic carbocycles. The van der Waals surface area contributed by atoms with E-state index in [1.807, 2.05) is 6.92 Å². The maximum absolute atomic E-state index is 12.6. The Morgan fingerprint density at radius 1 is 1.07 bits per heavy atom. The van der Waals surface area contributed by atoms with Crippen LogP contribution < -0.4 is 10.6 Å². The highest BCUT2D eigenvalue weighted by Gasteiger charge is 2.13. The van der Waals surface area contributed by atoms with E-state index in [0.29, 0.717) is 27.7 Å². The van der Waals surface area contributed by atoms with Crippen LogP contribution in [-0.2, 0) is 0 Å². The van der Waals surface area contributed by atoms with Crippen LogP contribution in [0.5, 0.6) is 0 Å². The standard InChI is InChI=1S/C20H16ClN5O/c1-12-9-15(21)7-8-16(12)24-19(27)18-10-13(2)23-20(26-18)25-17-6-4-3-5-14(17)11-22/h3-10H,1-2H3,(H,24,27)(H,23,25,26). The van der Waals surface area contributed by atoms with Gasteiger partial charge in [0.2, 0.25) is 5.95 Å². The molecule has 7 heteroatoms. The molecule has 0 radical (unpaired) electrons. The van der Waals surface area contributed by atoms with Crippen molar-refractivity contribution in [1.82, 2.24) is 9.97 Å². The van der Waals surface area contributed by atoms with Crippen molar-refractivity contribution in [3.63, 3.8) is 0 Å². The Morgan fingerprint density at radius 3 is 2.59 bits per heavy atom. The lowest BCUT2D eigenvalue weighted by Crippen LogP contribution is -2.16. The van der Waals surface area contributed by atoms with E-state index in [9.17, 15) is 10.1 Å². The molecule has 0 unspecified atom stereocenters. The number of nitrogens with zero attached hydrogens (tertiary/aromatic N) is 3. The van der Waals surface area contributed by atoms with Gasteiger partial charge in [0.05, 0.1) is 11.3 Å². The number of nitrogens with one attached hydrogen (secondary N) is 2. The Kier molecular flexibility index (Phi) is 5.34. The van der Waals surface area contributed by atoms with Crippen molar-refractivity contribution in [2.24, 2.45) is 0 Å². The first-order valence-corrected chi connectivity index (χ1v) is 8.53. The molecule has 3 rings (SSSR count).